The number of aryl methyl sites for hydroxylation is 1. The number of carbonyl (C=O) groups excluding carboxylic acids is 1. The highest BCUT2D eigenvalue weighted by atomic mass is 16.1. The van der Waals surface area contributed by atoms with Gasteiger partial charge in [0.15, 0.2) is 0 Å². The molecule has 0 spiro atoms. The van der Waals surface area contributed by atoms with E-state index in [1.165, 1.54) is 4.68 Å². The van der Waals surface area contributed by atoms with Crippen molar-refractivity contribution in [2.75, 3.05) is 16.8 Å². The highest BCUT2D eigenvalue weighted by molar-refractivity contribution is 6.04. The van der Waals surface area contributed by atoms with E-state index in [1.54, 1.807) is 54.6 Å². The molecule has 7 heteroatoms. The molecule has 4 aromatic rings. The van der Waals surface area contributed by atoms with E-state index in [0.717, 1.165) is 11.4 Å². The van der Waals surface area contributed by atoms with Crippen LogP contribution in [0, 0.1) is 6.92 Å². The van der Waals surface area contributed by atoms with Crippen LogP contribution < -0.4 is 22.3 Å². The van der Waals surface area contributed by atoms with E-state index in [4.69, 9.17) is 11.5 Å². The standard InChI is InChI=1S/C13H13N3O.C10H10N2O/c14-10-3-1-9(2-4-10)13(17)16-12-7-5-11(15)6-8-12;1-8-7-10(13)12(11-8)9-5-3-2-4-6-9/h1-8H,14-15H2,(H,16,17);2-7,11H,1H3. The number of nitrogens with zero attached hydrogens (tertiary/aromatic N) is 1. The van der Waals surface area contributed by atoms with E-state index in [-0.39, 0.29) is 11.5 Å². The summed E-state index contributed by atoms with van der Waals surface area (Å²) in [6.07, 6.45) is 0. The first-order valence-electron chi connectivity index (χ1n) is 9.29. The SMILES string of the molecule is Cc1cc(=O)n(-c2ccccc2)[nH]1.Nc1ccc(NC(=O)c2ccc(N)cc2)cc1. The summed E-state index contributed by atoms with van der Waals surface area (Å²) in [4.78, 5) is 23.2. The van der Waals surface area contributed by atoms with Crippen LogP contribution in [0.1, 0.15) is 16.1 Å². The molecule has 7 nitrogen and oxygen atoms in total. The van der Waals surface area contributed by atoms with E-state index < -0.39 is 0 Å². The normalized spacial score (nSPS) is 10.0. The Morgan fingerprint density at radius 2 is 1.43 bits per heavy atom. The van der Waals surface area contributed by atoms with Crippen molar-refractivity contribution in [3.63, 3.8) is 0 Å². The molecule has 30 heavy (non-hydrogen) atoms. The Morgan fingerprint density at radius 1 is 0.867 bits per heavy atom. The van der Waals surface area contributed by atoms with Gasteiger partial charge in [-0.05, 0) is 67.6 Å². The predicted molar refractivity (Wildman–Crippen MR) is 121 cm³/mol. The summed E-state index contributed by atoms with van der Waals surface area (Å²) >= 11 is 0. The lowest BCUT2D eigenvalue weighted by Gasteiger charge is -2.05. The van der Waals surface area contributed by atoms with E-state index in [2.05, 4.69) is 10.4 Å². The van der Waals surface area contributed by atoms with E-state index in [9.17, 15) is 9.59 Å². The first-order chi connectivity index (χ1) is 14.4. The molecule has 4 rings (SSSR count). The lowest BCUT2D eigenvalue weighted by molar-refractivity contribution is 0.102. The fourth-order valence-electron chi connectivity index (χ4n) is 2.69. The molecule has 0 saturated carbocycles. The molecule has 0 aliphatic heterocycles. The number of hydrogen-bond acceptors (Lipinski definition) is 4. The van der Waals surface area contributed by atoms with Crippen LogP contribution in [-0.2, 0) is 0 Å². The first-order valence-corrected chi connectivity index (χ1v) is 9.29. The maximum Gasteiger partial charge on any atom is 0.271 e. The number of nitrogens with one attached hydrogen (secondary N) is 2. The van der Waals surface area contributed by atoms with Crippen molar-refractivity contribution in [2.24, 2.45) is 0 Å². The van der Waals surface area contributed by atoms with Gasteiger partial charge in [0.05, 0.1) is 5.69 Å². The number of hydrogen-bond donors (Lipinski definition) is 4. The molecular formula is C23H23N5O2. The van der Waals surface area contributed by atoms with Gasteiger partial charge in [0.25, 0.3) is 11.5 Å². The van der Waals surface area contributed by atoms with Crippen LogP contribution in [0.5, 0.6) is 0 Å². The van der Waals surface area contributed by atoms with Crippen LogP contribution in [0.4, 0.5) is 17.1 Å². The van der Waals surface area contributed by atoms with Crippen LogP contribution in [0.15, 0.2) is 89.7 Å². The number of rotatable bonds is 3. The third-order valence-electron chi connectivity index (χ3n) is 4.20. The maximum absolute atomic E-state index is 11.8. The molecule has 0 bridgehead atoms. The van der Waals surface area contributed by atoms with Gasteiger partial charge in [-0.3, -0.25) is 14.7 Å². The Hall–Kier alpha value is -4.26. The van der Waals surface area contributed by atoms with Crippen LogP contribution in [0.3, 0.4) is 0 Å². The van der Waals surface area contributed by atoms with Crippen LogP contribution >= 0.6 is 0 Å². The van der Waals surface area contributed by atoms with Gasteiger partial charge in [0.2, 0.25) is 0 Å². The highest BCUT2D eigenvalue weighted by Gasteiger charge is 2.05. The second-order valence-electron chi connectivity index (χ2n) is 6.65. The van der Waals surface area contributed by atoms with Gasteiger partial charge in [-0.15, -0.1) is 0 Å². The number of amides is 1. The maximum atomic E-state index is 11.8. The van der Waals surface area contributed by atoms with Gasteiger partial charge in [-0.1, -0.05) is 18.2 Å². The van der Waals surface area contributed by atoms with Crippen molar-refractivity contribution < 1.29 is 4.79 Å². The zero-order valence-electron chi connectivity index (χ0n) is 16.5. The van der Waals surface area contributed by atoms with Crippen molar-refractivity contribution in [3.05, 3.63) is 107 Å². The minimum atomic E-state index is -0.172. The quantitative estimate of drug-likeness (QED) is 0.392. The third kappa shape index (κ3) is 5.39. The van der Waals surface area contributed by atoms with Crippen LogP contribution in [0.25, 0.3) is 5.69 Å². The van der Waals surface area contributed by atoms with Crippen molar-refractivity contribution in [2.45, 2.75) is 6.92 Å². The summed E-state index contributed by atoms with van der Waals surface area (Å²) in [5.74, 6) is -0.172. The number of benzene rings is 3. The molecule has 0 aliphatic carbocycles. The number of aromatic amines is 1. The number of aromatic nitrogens is 2. The molecule has 3 aromatic carbocycles. The van der Waals surface area contributed by atoms with Gasteiger partial charge in [0.1, 0.15) is 0 Å². The van der Waals surface area contributed by atoms with E-state index in [1.807, 2.05) is 37.3 Å². The fraction of sp³-hybridized carbons (Fsp3) is 0.0435. The summed E-state index contributed by atoms with van der Waals surface area (Å²) in [5.41, 5.74) is 15.4. The lowest BCUT2D eigenvalue weighted by atomic mass is 10.2. The minimum Gasteiger partial charge on any atom is -0.399 e. The van der Waals surface area contributed by atoms with E-state index >= 15 is 0 Å². The highest BCUT2D eigenvalue weighted by Crippen LogP contribution is 2.13. The first kappa shape index (κ1) is 20.5. The topological polar surface area (TPSA) is 119 Å². The lowest BCUT2D eigenvalue weighted by Crippen LogP contribution is -2.12. The number of carbonyl (C=O) groups is 1. The molecular weight excluding hydrogens is 378 g/mol. The summed E-state index contributed by atoms with van der Waals surface area (Å²) in [6.45, 7) is 1.86. The summed E-state index contributed by atoms with van der Waals surface area (Å²) < 4.78 is 1.52. The average molecular weight is 401 g/mol. The van der Waals surface area contributed by atoms with Crippen molar-refractivity contribution in [3.8, 4) is 5.69 Å². The second kappa shape index (κ2) is 9.29. The zero-order valence-corrected chi connectivity index (χ0v) is 16.5. The molecule has 6 N–H and O–H groups in total. The number of para-hydroxylation sites is 1. The van der Waals surface area contributed by atoms with Gasteiger partial charge in [-0.25, -0.2) is 4.68 Å². The van der Waals surface area contributed by atoms with Gasteiger partial charge < -0.3 is 16.8 Å². The predicted octanol–water partition coefficient (Wildman–Crippen LogP) is 3.58. The average Bonchev–Trinajstić information content (AvgIpc) is 3.09. The smallest absolute Gasteiger partial charge is 0.271 e. The Morgan fingerprint density at radius 3 is 1.97 bits per heavy atom. The van der Waals surface area contributed by atoms with Gasteiger partial charge >= 0.3 is 0 Å². The number of H-pyrrole nitrogens is 1. The third-order valence-corrected chi connectivity index (χ3v) is 4.20. The molecule has 1 heterocycles. The molecule has 0 aliphatic rings. The zero-order chi connectivity index (χ0) is 21.5. The molecule has 0 saturated heterocycles. The number of anilines is 3. The number of nitrogens with two attached hydrogens (primary N) is 2. The van der Waals surface area contributed by atoms with Gasteiger partial charge in [-0.2, -0.15) is 0 Å². The molecule has 0 atom stereocenters. The fourth-order valence-corrected chi connectivity index (χ4v) is 2.69. The van der Waals surface area contributed by atoms with Crippen molar-refractivity contribution in [1.82, 2.24) is 9.78 Å². The monoisotopic (exact) mass is 401 g/mol. The molecule has 1 amide bonds. The Labute approximate surface area is 173 Å². The summed E-state index contributed by atoms with van der Waals surface area (Å²) in [7, 11) is 0. The molecule has 152 valence electrons. The largest absolute Gasteiger partial charge is 0.399 e. The Balaban J connectivity index is 0.000000177. The molecule has 1 aromatic heterocycles. The molecule has 0 radical (unpaired) electrons. The van der Waals surface area contributed by atoms with Crippen molar-refractivity contribution >= 4 is 23.0 Å². The Bertz CT molecular complexity index is 1160. The summed E-state index contributed by atoms with van der Waals surface area (Å²) in [6, 6.07) is 24.8. The van der Waals surface area contributed by atoms with E-state index in [0.29, 0.717) is 22.6 Å². The molecule has 0 fully saturated rings. The van der Waals surface area contributed by atoms with Crippen molar-refractivity contribution in [1.29, 1.82) is 0 Å². The summed E-state index contributed by atoms with van der Waals surface area (Å²) in [5, 5.41) is 5.73. The Kier molecular flexibility index (Phi) is 6.34. The van der Waals surface area contributed by atoms with Crippen LogP contribution in [-0.4, -0.2) is 15.7 Å². The van der Waals surface area contributed by atoms with Crippen LogP contribution in [0.2, 0.25) is 0 Å². The minimum absolute atomic E-state index is 0.0244. The van der Waals surface area contributed by atoms with Gasteiger partial charge in [0, 0.05) is 34.4 Å². The molecule has 0 unspecified atom stereocenters. The second-order valence-corrected chi connectivity index (χ2v) is 6.65. The number of nitrogen functional groups attached to an aromatic ring is 2.